The normalized spacial score (nSPS) is 18.4. The van der Waals surface area contributed by atoms with Crippen LogP contribution >= 0.6 is 11.6 Å². The van der Waals surface area contributed by atoms with E-state index in [-0.39, 0.29) is 5.91 Å². The van der Waals surface area contributed by atoms with Crippen LogP contribution in [0.1, 0.15) is 54.6 Å². The molecule has 1 aromatic heterocycles. The van der Waals surface area contributed by atoms with E-state index in [0.29, 0.717) is 60.5 Å². The van der Waals surface area contributed by atoms with Crippen molar-refractivity contribution < 1.29 is 19.0 Å². The smallest absolute Gasteiger partial charge is 0.253 e. The van der Waals surface area contributed by atoms with E-state index in [4.69, 9.17) is 25.8 Å². The van der Waals surface area contributed by atoms with E-state index in [1.165, 1.54) is 25.7 Å². The summed E-state index contributed by atoms with van der Waals surface area (Å²) in [5, 5.41) is 0.650. The zero-order valence-corrected chi connectivity index (χ0v) is 21.3. The molecule has 1 saturated heterocycles. The second-order valence-electron chi connectivity index (χ2n) is 10.1. The van der Waals surface area contributed by atoms with Crippen LogP contribution in [-0.2, 0) is 5.60 Å². The zero-order valence-electron chi connectivity index (χ0n) is 20.5. The Morgan fingerprint density at radius 2 is 1.89 bits per heavy atom. The lowest BCUT2D eigenvalue weighted by atomic mass is 9.86. The Labute approximate surface area is 216 Å². The largest absolute Gasteiger partial charge is 0.493 e. The highest BCUT2D eigenvalue weighted by Crippen LogP contribution is 2.46. The van der Waals surface area contributed by atoms with Crippen molar-refractivity contribution in [3.63, 3.8) is 0 Å². The number of methoxy groups -OCH3 is 1. The Hall–Kier alpha value is -3.12. The molecule has 0 atom stereocenters. The zero-order chi connectivity index (χ0) is 24.7. The van der Waals surface area contributed by atoms with Gasteiger partial charge in [-0.15, -0.1) is 0 Å². The molecule has 1 spiro atoms. The third-order valence-electron chi connectivity index (χ3n) is 7.92. The molecule has 6 rings (SSSR count). The first-order chi connectivity index (χ1) is 17.6. The molecule has 3 aromatic rings. The first-order valence-electron chi connectivity index (χ1n) is 12.8. The Bertz CT molecular complexity index is 1270. The van der Waals surface area contributed by atoms with Crippen molar-refractivity contribution in [1.82, 2.24) is 9.47 Å². The van der Waals surface area contributed by atoms with Gasteiger partial charge in [-0.2, -0.15) is 0 Å². The number of aromatic nitrogens is 1. The van der Waals surface area contributed by atoms with E-state index in [1.54, 1.807) is 13.2 Å². The van der Waals surface area contributed by atoms with Crippen LogP contribution in [0, 0.1) is 5.92 Å². The van der Waals surface area contributed by atoms with Gasteiger partial charge in [-0.1, -0.05) is 24.4 Å². The van der Waals surface area contributed by atoms with Gasteiger partial charge in [0.2, 0.25) is 0 Å². The molecule has 3 aliphatic rings. The Kier molecular flexibility index (Phi) is 6.08. The summed E-state index contributed by atoms with van der Waals surface area (Å²) < 4.78 is 20.4. The molecule has 0 unspecified atom stereocenters. The summed E-state index contributed by atoms with van der Waals surface area (Å²) in [6, 6.07) is 15.4. The summed E-state index contributed by atoms with van der Waals surface area (Å²) in [7, 11) is 1.62. The molecule has 7 heteroatoms. The number of carbonyl (C=O) groups excluding carboxylic acids is 1. The monoisotopic (exact) mass is 506 g/mol. The predicted octanol–water partition coefficient (Wildman–Crippen LogP) is 6.23. The van der Waals surface area contributed by atoms with Gasteiger partial charge in [0.25, 0.3) is 5.91 Å². The Morgan fingerprint density at radius 1 is 1.08 bits per heavy atom. The van der Waals surface area contributed by atoms with Gasteiger partial charge in [0.05, 0.1) is 25.1 Å². The number of halogens is 1. The average Bonchev–Trinajstić information content (AvgIpc) is 3.60. The molecule has 2 fully saturated rings. The van der Waals surface area contributed by atoms with Gasteiger partial charge in [-0.25, -0.2) is 0 Å². The van der Waals surface area contributed by atoms with Crippen molar-refractivity contribution in [3.8, 4) is 22.9 Å². The molecule has 2 aromatic carbocycles. The van der Waals surface area contributed by atoms with Crippen LogP contribution < -0.4 is 14.2 Å². The van der Waals surface area contributed by atoms with Gasteiger partial charge in [-0.05, 0) is 61.2 Å². The topological polar surface area (TPSA) is 52.9 Å². The summed E-state index contributed by atoms with van der Waals surface area (Å²) in [6.07, 6.45) is 8.49. The number of likely N-dealkylation sites (tertiary alicyclic amines) is 1. The molecule has 0 bridgehead atoms. The van der Waals surface area contributed by atoms with Crippen LogP contribution in [0.4, 0.5) is 0 Å². The Morgan fingerprint density at radius 3 is 2.67 bits per heavy atom. The fourth-order valence-electron chi connectivity index (χ4n) is 5.91. The van der Waals surface area contributed by atoms with Gasteiger partial charge in [-0.3, -0.25) is 4.79 Å². The third-order valence-corrected chi connectivity index (χ3v) is 8.16. The maximum Gasteiger partial charge on any atom is 0.253 e. The van der Waals surface area contributed by atoms with Crippen molar-refractivity contribution in [2.45, 2.75) is 44.1 Å². The summed E-state index contributed by atoms with van der Waals surface area (Å²) in [5.74, 6) is 2.70. The molecular weight excluding hydrogens is 476 g/mol. The lowest BCUT2D eigenvalue weighted by Gasteiger charge is -2.45. The van der Waals surface area contributed by atoms with Gasteiger partial charge >= 0.3 is 0 Å². The molecule has 3 heterocycles. The van der Waals surface area contributed by atoms with Crippen molar-refractivity contribution >= 4 is 17.5 Å². The lowest BCUT2D eigenvalue weighted by Crippen LogP contribution is -2.50. The first kappa shape index (κ1) is 23.3. The second kappa shape index (κ2) is 9.40. The SMILES string of the molecule is COc1cc(C(=O)N2CCC3(CC2)Oc2cc(Cl)ccc2-n2cccc23)ccc1OCC1CCCC1. The number of fused-ring (bicyclic) bond motifs is 4. The molecule has 1 amide bonds. The van der Waals surface area contributed by atoms with E-state index in [9.17, 15) is 4.79 Å². The highest BCUT2D eigenvalue weighted by Gasteiger charge is 2.44. The molecule has 6 nitrogen and oxygen atoms in total. The molecule has 1 aliphatic carbocycles. The van der Waals surface area contributed by atoms with Gasteiger partial charge in [0, 0.05) is 48.8 Å². The van der Waals surface area contributed by atoms with Gasteiger partial charge < -0.3 is 23.7 Å². The van der Waals surface area contributed by atoms with Crippen LogP contribution in [0.25, 0.3) is 5.69 Å². The number of hydrogen-bond acceptors (Lipinski definition) is 4. The minimum absolute atomic E-state index is 0.000120. The van der Waals surface area contributed by atoms with Gasteiger partial charge in [0.1, 0.15) is 5.75 Å². The fourth-order valence-corrected chi connectivity index (χ4v) is 6.07. The minimum Gasteiger partial charge on any atom is -0.493 e. The number of nitrogens with zero attached hydrogens (tertiary/aromatic N) is 2. The number of carbonyl (C=O) groups is 1. The van der Waals surface area contributed by atoms with Gasteiger partial charge in [0.15, 0.2) is 17.1 Å². The number of rotatable bonds is 5. The van der Waals surface area contributed by atoms with E-state index >= 15 is 0 Å². The van der Waals surface area contributed by atoms with Crippen molar-refractivity contribution in [1.29, 1.82) is 0 Å². The molecular formula is C29H31ClN2O4. The number of piperidine rings is 1. The summed E-state index contributed by atoms with van der Waals surface area (Å²) in [5.41, 5.74) is 2.25. The first-order valence-corrected chi connectivity index (χ1v) is 13.2. The van der Waals surface area contributed by atoms with E-state index in [0.717, 1.165) is 17.1 Å². The number of ether oxygens (including phenoxy) is 3. The molecule has 0 N–H and O–H groups in total. The fraction of sp³-hybridized carbons (Fsp3) is 0.414. The molecule has 188 valence electrons. The molecule has 1 saturated carbocycles. The minimum atomic E-state index is -0.479. The number of hydrogen-bond donors (Lipinski definition) is 0. The summed E-state index contributed by atoms with van der Waals surface area (Å²) >= 11 is 6.26. The lowest BCUT2D eigenvalue weighted by molar-refractivity contribution is -0.00930. The quantitative estimate of drug-likeness (QED) is 0.411. The molecule has 0 radical (unpaired) electrons. The molecule has 36 heavy (non-hydrogen) atoms. The second-order valence-corrected chi connectivity index (χ2v) is 10.5. The number of amides is 1. The standard InChI is InChI=1S/C29H31ClN2O4/c1-34-26-17-21(8-11-24(26)35-19-20-5-2-3-6-20)28(33)31-15-12-29(13-16-31)27-7-4-14-32(27)23-10-9-22(30)18-25(23)36-29/h4,7-11,14,17-18,20H,2-3,5-6,12-13,15-16,19H2,1H3. The van der Waals surface area contributed by atoms with Crippen LogP contribution in [0.3, 0.4) is 0 Å². The highest BCUT2D eigenvalue weighted by atomic mass is 35.5. The highest BCUT2D eigenvalue weighted by molar-refractivity contribution is 6.30. The third kappa shape index (κ3) is 4.11. The van der Waals surface area contributed by atoms with Crippen LogP contribution in [0.15, 0.2) is 54.7 Å². The number of benzene rings is 2. The van der Waals surface area contributed by atoms with Crippen molar-refractivity contribution in [2.75, 3.05) is 26.8 Å². The molecule has 2 aliphatic heterocycles. The van der Waals surface area contributed by atoms with E-state index in [2.05, 4.69) is 16.8 Å². The van der Waals surface area contributed by atoms with Crippen molar-refractivity contribution in [3.05, 3.63) is 71.0 Å². The predicted molar refractivity (Wildman–Crippen MR) is 139 cm³/mol. The van der Waals surface area contributed by atoms with Crippen LogP contribution in [0.2, 0.25) is 5.02 Å². The maximum absolute atomic E-state index is 13.4. The maximum atomic E-state index is 13.4. The van der Waals surface area contributed by atoms with Crippen LogP contribution in [0.5, 0.6) is 17.2 Å². The Balaban J connectivity index is 1.16. The van der Waals surface area contributed by atoms with Crippen molar-refractivity contribution in [2.24, 2.45) is 5.92 Å². The summed E-state index contributed by atoms with van der Waals surface area (Å²) in [6.45, 7) is 1.90. The van der Waals surface area contributed by atoms with Crippen LogP contribution in [-0.4, -0.2) is 42.2 Å². The van der Waals surface area contributed by atoms with E-state index in [1.807, 2.05) is 41.3 Å². The summed E-state index contributed by atoms with van der Waals surface area (Å²) in [4.78, 5) is 15.3. The van der Waals surface area contributed by atoms with E-state index < -0.39 is 5.60 Å². The average molecular weight is 507 g/mol.